The molecule has 0 saturated carbocycles. The average Bonchev–Trinajstić information content (AvgIpc) is 2.81. The number of rotatable bonds is 7. The molecule has 162 valence electrons. The van der Waals surface area contributed by atoms with E-state index in [1.165, 1.54) is 4.57 Å². The number of hydrogen-bond donors (Lipinski definition) is 3. The summed E-state index contributed by atoms with van der Waals surface area (Å²) in [5.41, 5.74) is 1.10. The fourth-order valence-corrected chi connectivity index (χ4v) is 3.19. The molecule has 0 aliphatic heterocycles. The van der Waals surface area contributed by atoms with Gasteiger partial charge in [-0.3, -0.25) is 14.6 Å². The van der Waals surface area contributed by atoms with E-state index in [-0.39, 0.29) is 11.5 Å². The highest BCUT2D eigenvalue weighted by Crippen LogP contribution is 2.26. The number of carbonyl (C=O) groups is 1. The van der Waals surface area contributed by atoms with Crippen LogP contribution in [-0.4, -0.2) is 32.0 Å². The lowest BCUT2D eigenvalue weighted by molar-refractivity contribution is 0.0953. The molecule has 1 amide bonds. The standard InChI is InChI=1S/C23H23N7O2/c1-3-9-26-22(31)15-4-6-17(7-5-15)27-21-20-16(8-12-30(2)23(20)32)13-18(29-21)28-19-14-24-10-11-25-19/h4-8,10-14H,3,9H2,1-2H3,(H,26,31)(H2,25,27,28,29). The third-order valence-electron chi connectivity index (χ3n) is 4.83. The van der Waals surface area contributed by atoms with Crippen molar-refractivity contribution in [2.75, 3.05) is 17.2 Å². The highest BCUT2D eigenvalue weighted by Gasteiger charge is 2.13. The summed E-state index contributed by atoms with van der Waals surface area (Å²) < 4.78 is 1.51. The second-order valence-corrected chi connectivity index (χ2v) is 7.23. The molecule has 0 atom stereocenters. The van der Waals surface area contributed by atoms with Gasteiger partial charge in [0.2, 0.25) is 0 Å². The Balaban J connectivity index is 1.69. The van der Waals surface area contributed by atoms with E-state index in [0.29, 0.717) is 40.6 Å². The fraction of sp³-hybridized carbons (Fsp3) is 0.174. The van der Waals surface area contributed by atoms with E-state index in [1.807, 2.05) is 13.0 Å². The van der Waals surface area contributed by atoms with Crippen molar-refractivity contribution < 1.29 is 4.79 Å². The number of amides is 1. The molecular formula is C23H23N7O2. The van der Waals surface area contributed by atoms with Crippen molar-refractivity contribution in [3.8, 4) is 0 Å². The predicted octanol–water partition coefficient (Wildman–Crippen LogP) is 3.35. The molecular weight excluding hydrogens is 406 g/mol. The van der Waals surface area contributed by atoms with Gasteiger partial charge in [-0.2, -0.15) is 0 Å². The van der Waals surface area contributed by atoms with E-state index in [0.717, 1.165) is 11.8 Å². The molecule has 0 fully saturated rings. The number of carbonyl (C=O) groups excluding carboxylic acids is 1. The Morgan fingerprint density at radius 1 is 1.06 bits per heavy atom. The molecule has 0 radical (unpaired) electrons. The van der Waals surface area contributed by atoms with E-state index < -0.39 is 0 Å². The van der Waals surface area contributed by atoms with Crippen LogP contribution in [-0.2, 0) is 7.05 Å². The first-order chi connectivity index (χ1) is 15.5. The Morgan fingerprint density at radius 3 is 2.59 bits per heavy atom. The van der Waals surface area contributed by atoms with E-state index >= 15 is 0 Å². The lowest BCUT2D eigenvalue weighted by atomic mass is 10.1. The molecule has 4 rings (SSSR count). The normalized spacial score (nSPS) is 10.7. The van der Waals surface area contributed by atoms with Crippen LogP contribution in [0.25, 0.3) is 10.8 Å². The van der Waals surface area contributed by atoms with Gasteiger partial charge in [0.25, 0.3) is 11.5 Å². The van der Waals surface area contributed by atoms with E-state index in [9.17, 15) is 9.59 Å². The highest BCUT2D eigenvalue weighted by atomic mass is 16.1. The number of nitrogens with zero attached hydrogens (tertiary/aromatic N) is 4. The van der Waals surface area contributed by atoms with Crippen molar-refractivity contribution in [2.45, 2.75) is 13.3 Å². The summed E-state index contributed by atoms with van der Waals surface area (Å²) in [6.07, 6.45) is 7.34. The molecule has 0 aliphatic rings. The maximum atomic E-state index is 12.8. The monoisotopic (exact) mass is 429 g/mol. The van der Waals surface area contributed by atoms with Crippen LogP contribution >= 0.6 is 0 Å². The van der Waals surface area contributed by atoms with Gasteiger partial charge in [0, 0.05) is 43.4 Å². The second kappa shape index (κ2) is 9.25. The fourth-order valence-electron chi connectivity index (χ4n) is 3.19. The Bertz CT molecular complexity index is 1300. The number of nitrogens with one attached hydrogen (secondary N) is 3. The van der Waals surface area contributed by atoms with Crippen LogP contribution in [0.4, 0.5) is 23.1 Å². The SMILES string of the molecule is CCCNC(=O)c1ccc(Nc2nc(Nc3cnccn3)cc3ccn(C)c(=O)c23)cc1. The number of benzene rings is 1. The third-order valence-corrected chi connectivity index (χ3v) is 4.83. The summed E-state index contributed by atoms with van der Waals surface area (Å²) >= 11 is 0. The minimum absolute atomic E-state index is 0.119. The van der Waals surface area contributed by atoms with Crippen LogP contribution in [0, 0.1) is 0 Å². The zero-order valence-electron chi connectivity index (χ0n) is 17.8. The average molecular weight is 429 g/mol. The summed E-state index contributed by atoms with van der Waals surface area (Å²) in [6.45, 7) is 2.63. The molecule has 32 heavy (non-hydrogen) atoms. The van der Waals surface area contributed by atoms with Crippen molar-refractivity contribution in [1.29, 1.82) is 0 Å². The number of hydrogen-bond acceptors (Lipinski definition) is 7. The van der Waals surface area contributed by atoms with Crippen molar-refractivity contribution in [3.05, 3.63) is 77.1 Å². The van der Waals surface area contributed by atoms with Crippen LogP contribution < -0.4 is 21.5 Å². The van der Waals surface area contributed by atoms with Gasteiger partial charge in [-0.05, 0) is 48.2 Å². The second-order valence-electron chi connectivity index (χ2n) is 7.23. The smallest absolute Gasteiger partial charge is 0.261 e. The van der Waals surface area contributed by atoms with Gasteiger partial charge in [-0.25, -0.2) is 9.97 Å². The van der Waals surface area contributed by atoms with Crippen LogP contribution in [0.3, 0.4) is 0 Å². The first kappa shape index (κ1) is 21.0. The quantitative estimate of drug-likeness (QED) is 0.413. The van der Waals surface area contributed by atoms with E-state index in [1.54, 1.807) is 62.2 Å². The topological polar surface area (TPSA) is 114 Å². The molecule has 4 aromatic rings. The summed E-state index contributed by atoms with van der Waals surface area (Å²) in [6, 6.07) is 10.7. The number of aromatic nitrogens is 4. The molecule has 3 heterocycles. The minimum atomic E-state index is -0.167. The van der Waals surface area contributed by atoms with Gasteiger partial charge in [0.05, 0.1) is 11.6 Å². The van der Waals surface area contributed by atoms with Crippen LogP contribution in [0.1, 0.15) is 23.7 Å². The van der Waals surface area contributed by atoms with Gasteiger partial charge in [-0.1, -0.05) is 6.92 Å². The van der Waals surface area contributed by atoms with Crippen molar-refractivity contribution in [3.63, 3.8) is 0 Å². The van der Waals surface area contributed by atoms with E-state index in [2.05, 4.69) is 30.9 Å². The summed E-state index contributed by atoms with van der Waals surface area (Å²) in [7, 11) is 1.70. The Morgan fingerprint density at radius 2 is 1.88 bits per heavy atom. The maximum Gasteiger partial charge on any atom is 0.261 e. The number of fused-ring (bicyclic) bond motifs is 1. The first-order valence-corrected chi connectivity index (χ1v) is 10.2. The predicted molar refractivity (Wildman–Crippen MR) is 125 cm³/mol. The molecule has 3 aromatic heterocycles. The zero-order valence-corrected chi connectivity index (χ0v) is 17.8. The van der Waals surface area contributed by atoms with E-state index in [4.69, 9.17) is 0 Å². The molecule has 0 spiro atoms. The lowest BCUT2D eigenvalue weighted by Gasteiger charge is -2.13. The van der Waals surface area contributed by atoms with Crippen LogP contribution in [0.5, 0.6) is 0 Å². The van der Waals surface area contributed by atoms with Gasteiger partial charge in [-0.15, -0.1) is 0 Å². The molecule has 0 aliphatic carbocycles. The third kappa shape index (κ3) is 4.56. The van der Waals surface area contributed by atoms with Crippen molar-refractivity contribution >= 4 is 39.8 Å². The number of aryl methyl sites for hydroxylation is 1. The Hall–Kier alpha value is -4.27. The van der Waals surface area contributed by atoms with Gasteiger partial charge in [0.15, 0.2) is 0 Å². The van der Waals surface area contributed by atoms with Crippen molar-refractivity contribution in [1.82, 2.24) is 24.8 Å². The molecule has 0 bridgehead atoms. The molecule has 9 nitrogen and oxygen atoms in total. The van der Waals surface area contributed by atoms with Crippen LogP contribution in [0.2, 0.25) is 0 Å². The molecule has 0 unspecified atom stereocenters. The Labute approximate surface area is 184 Å². The van der Waals surface area contributed by atoms with Crippen molar-refractivity contribution in [2.24, 2.45) is 7.05 Å². The number of pyridine rings is 2. The zero-order chi connectivity index (χ0) is 22.5. The maximum absolute atomic E-state index is 12.8. The largest absolute Gasteiger partial charge is 0.352 e. The summed E-state index contributed by atoms with van der Waals surface area (Å²) in [4.78, 5) is 37.8. The van der Waals surface area contributed by atoms with Gasteiger partial charge >= 0.3 is 0 Å². The molecule has 0 saturated heterocycles. The van der Waals surface area contributed by atoms with Gasteiger partial charge < -0.3 is 20.5 Å². The number of anilines is 4. The molecule has 9 heteroatoms. The summed E-state index contributed by atoms with van der Waals surface area (Å²) in [5.74, 6) is 1.34. The summed E-state index contributed by atoms with van der Waals surface area (Å²) in [5, 5.41) is 10.4. The highest BCUT2D eigenvalue weighted by molar-refractivity contribution is 5.96. The Kier molecular flexibility index (Phi) is 6.07. The molecule has 1 aromatic carbocycles. The van der Waals surface area contributed by atoms with Crippen LogP contribution in [0.15, 0.2) is 66.0 Å². The lowest BCUT2D eigenvalue weighted by Crippen LogP contribution is -2.23. The first-order valence-electron chi connectivity index (χ1n) is 10.2. The minimum Gasteiger partial charge on any atom is -0.352 e. The molecule has 3 N–H and O–H groups in total. The van der Waals surface area contributed by atoms with Gasteiger partial charge in [0.1, 0.15) is 17.5 Å².